The Balaban J connectivity index is 1.89. The standard InChI is InChI=1S/C11H18O/c1-2-5-10-8-9-6-3-4-7-11(9)12-10/h2,9-11H,1,3-8H2/t9-,10+,11+/m0/s1. The van der Waals surface area contributed by atoms with E-state index >= 15 is 0 Å². The third kappa shape index (κ3) is 1.56. The van der Waals surface area contributed by atoms with Crippen LogP contribution in [-0.2, 0) is 4.74 Å². The van der Waals surface area contributed by atoms with Crippen molar-refractivity contribution in [3.05, 3.63) is 12.7 Å². The van der Waals surface area contributed by atoms with E-state index in [-0.39, 0.29) is 0 Å². The van der Waals surface area contributed by atoms with Gasteiger partial charge in [-0.2, -0.15) is 0 Å². The van der Waals surface area contributed by atoms with Crippen LogP contribution in [0.3, 0.4) is 0 Å². The van der Waals surface area contributed by atoms with Gasteiger partial charge in [0, 0.05) is 0 Å². The van der Waals surface area contributed by atoms with Crippen LogP contribution in [0.15, 0.2) is 12.7 Å². The van der Waals surface area contributed by atoms with Gasteiger partial charge in [-0.1, -0.05) is 18.9 Å². The minimum atomic E-state index is 0.496. The van der Waals surface area contributed by atoms with Crippen LogP contribution in [-0.4, -0.2) is 12.2 Å². The Bertz CT molecular complexity index is 150. The molecule has 0 aromatic rings. The van der Waals surface area contributed by atoms with Crippen molar-refractivity contribution >= 4 is 0 Å². The van der Waals surface area contributed by atoms with Crippen molar-refractivity contribution in [3.63, 3.8) is 0 Å². The van der Waals surface area contributed by atoms with Crippen LogP contribution < -0.4 is 0 Å². The van der Waals surface area contributed by atoms with Crippen molar-refractivity contribution in [2.45, 2.75) is 50.7 Å². The minimum absolute atomic E-state index is 0.496. The number of hydrogen-bond donors (Lipinski definition) is 0. The SMILES string of the molecule is C=CC[C@@H]1C[C@@H]2CCCC[C@H]2O1. The molecule has 1 heterocycles. The molecule has 0 spiro atoms. The molecule has 12 heavy (non-hydrogen) atoms. The Morgan fingerprint density at radius 2 is 2.17 bits per heavy atom. The number of fused-ring (bicyclic) bond motifs is 1. The largest absolute Gasteiger partial charge is 0.374 e. The van der Waals surface area contributed by atoms with Gasteiger partial charge in [-0.05, 0) is 31.6 Å². The highest BCUT2D eigenvalue weighted by molar-refractivity contribution is 4.88. The summed E-state index contributed by atoms with van der Waals surface area (Å²) in [5.74, 6) is 0.878. The molecule has 0 N–H and O–H groups in total. The summed E-state index contributed by atoms with van der Waals surface area (Å²) in [5.41, 5.74) is 0. The predicted octanol–water partition coefficient (Wildman–Crippen LogP) is 2.91. The van der Waals surface area contributed by atoms with Crippen LogP contribution in [0.5, 0.6) is 0 Å². The van der Waals surface area contributed by atoms with Gasteiger partial charge in [0.25, 0.3) is 0 Å². The Kier molecular flexibility index (Phi) is 2.50. The molecule has 2 fully saturated rings. The molecular weight excluding hydrogens is 148 g/mol. The molecule has 1 nitrogen and oxygen atoms in total. The molecule has 2 aliphatic rings. The lowest BCUT2D eigenvalue weighted by Gasteiger charge is -2.23. The fraction of sp³-hybridized carbons (Fsp3) is 0.818. The molecule has 1 heteroatoms. The lowest BCUT2D eigenvalue weighted by atomic mass is 9.85. The van der Waals surface area contributed by atoms with Crippen LogP contribution in [0.4, 0.5) is 0 Å². The van der Waals surface area contributed by atoms with Gasteiger partial charge in [-0.3, -0.25) is 0 Å². The average molecular weight is 166 g/mol. The van der Waals surface area contributed by atoms with Gasteiger partial charge in [-0.15, -0.1) is 6.58 Å². The first-order valence-electron chi connectivity index (χ1n) is 5.16. The van der Waals surface area contributed by atoms with E-state index in [1.165, 1.54) is 32.1 Å². The molecule has 1 aliphatic carbocycles. The zero-order valence-corrected chi connectivity index (χ0v) is 7.67. The third-order valence-corrected chi connectivity index (χ3v) is 3.20. The second kappa shape index (κ2) is 3.61. The quantitative estimate of drug-likeness (QED) is 0.573. The van der Waals surface area contributed by atoms with Crippen LogP contribution in [0.1, 0.15) is 38.5 Å². The summed E-state index contributed by atoms with van der Waals surface area (Å²) in [6, 6.07) is 0. The third-order valence-electron chi connectivity index (χ3n) is 3.20. The van der Waals surface area contributed by atoms with E-state index < -0.39 is 0 Å². The summed E-state index contributed by atoms with van der Waals surface area (Å²) in [7, 11) is 0. The van der Waals surface area contributed by atoms with E-state index in [0.717, 1.165) is 12.3 Å². The van der Waals surface area contributed by atoms with Gasteiger partial charge in [-0.25, -0.2) is 0 Å². The normalized spacial score (nSPS) is 40.8. The minimum Gasteiger partial charge on any atom is -0.374 e. The maximum atomic E-state index is 5.93. The zero-order chi connectivity index (χ0) is 8.39. The van der Waals surface area contributed by atoms with Gasteiger partial charge in [0.05, 0.1) is 12.2 Å². The van der Waals surface area contributed by atoms with Gasteiger partial charge < -0.3 is 4.74 Å². The summed E-state index contributed by atoms with van der Waals surface area (Å²) in [6.07, 6.45) is 10.9. The topological polar surface area (TPSA) is 9.23 Å². The Morgan fingerprint density at radius 1 is 1.33 bits per heavy atom. The van der Waals surface area contributed by atoms with Gasteiger partial charge in [0.2, 0.25) is 0 Å². The Morgan fingerprint density at radius 3 is 2.92 bits per heavy atom. The molecule has 0 unspecified atom stereocenters. The van der Waals surface area contributed by atoms with E-state index in [0.29, 0.717) is 12.2 Å². The van der Waals surface area contributed by atoms with Gasteiger partial charge in [0.1, 0.15) is 0 Å². The maximum Gasteiger partial charge on any atom is 0.0616 e. The van der Waals surface area contributed by atoms with Crippen LogP contribution >= 0.6 is 0 Å². The van der Waals surface area contributed by atoms with Crippen LogP contribution in [0.2, 0.25) is 0 Å². The highest BCUT2D eigenvalue weighted by atomic mass is 16.5. The summed E-state index contributed by atoms with van der Waals surface area (Å²) >= 11 is 0. The van der Waals surface area contributed by atoms with E-state index in [4.69, 9.17) is 4.74 Å². The number of rotatable bonds is 2. The molecular formula is C11H18O. The van der Waals surface area contributed by atoms with Crippen molar-refractivity contribution in [2.24, 2.45) is 5.92 Å². The molecule has 0 aromatic carbocycles. The Hall–Kier alpha value is -0.300. The summed E-state index contributed by atoms with van der Waals surface area (Å²) in [6.45, 7) is 3.76. The molecule has 3 atom stereocenters. The molecule has 0 radical (unpaired) electrons. The first-order valence-corrected chi connectivity index (χ1v) is 5.16. The number of ether oxygens (including phenoxy) is 1. The average Bonchev–Trinajstić information content (AvgIpc) is 2.47. The van der Waals surface area contributed by atoms with E-state index in [1.54, 1.807) is 0 Å². The zero-order valence-electron chi connectivity index (χ0n) is 7.67. The highest BCUT2D eigenvalue weighted by Gasteiger charge is 2.35. The lowest BCUT2D eigenvalue weighted by Crippen LogP contribution is -2.20. The molecule has 1 saturated heterocycles. The highest BCUT2D eigenvalue weighted by Crippen LogP contribution is 2.38. The lowest BCUT2D eigenvalue weighted by molar-refractivity contribution is 0.0206. The molecule has 1 aliphatic heterocycles. The molecule has 0 bridgehead atoms. The smallest absolute Gasteiger partial charge is 0.0616 e. The van der Waals surface area contributed by atoms with Crippen LogP contribution in [0, 0.1) is 5.92 Å². The monoisotopic (exact) mass is 166 g/mol. The van der Waals surface area contributed by atoms with E-state index in [2.05, 4.69) is 6.58 Å². The summed E-state index contributed by atoms with van der Waals surface area (Å²) in [4.78, 5) is 0. The maximum absolute atomic E-state index is 5.93. The van der Waals surface area contributed by atoms with Crippen molar-refractivity contribution in [1.29, 1.82) is 0 Å². The first-order chi connectivity index (χ1) is 5.90. The molecule has 68 valence electrons. The van der Waals surface area contributed by atoms with Crippen molar-refractivity contribution in [2.75, 3.05) is 0 Å². The van der Waals surface area contributed by atoms with Crippen molar-refractivity contribution < 1.29 is 4.74 Å². The van der Waals surface area contributed by atoms with Crippen LogP contribution in [0.25, 0.3) is 0 Å². The van der Waals surface area contributed by atoms with Gasteiger partial charge in [0.15, 0.2) is 0 Å². The molecule has 2 rings (SSSR count). The van der Waals surface area contributed by atoms with Crippen molar-refractivity contribution in [3.8, 4) is 0 Å². The predicted molar refractivity (Wildman–Crippen MR) is 50.1 cm³/mol. The van der Waals surface area contributed by atoms with E-state index in [9.17, 15) is 0 Å². The first kappa shape index (κ1) is 8.31. The van der Waals surface area contributed by atoms with Crippen molar-refractivity contribution in [1.82, 2.24) is 0 Å². The number of hydrogen-bond acceptors (Lipinski definition) is 1. The van der Waals surface area contributed by atoms with Gasteiger partial charge >= 0.3 is 0 Å². The fourth-order valence-electron chi connectivity index (χ4n) is 2.60. The molecule has 0 amide bonds. The molecule has 0 aromatic heterocycles. The Labute approximate surface area is 74.8 Å². The van der Waals surface area contributed by atoms with E-state index in [1.807, 2.05) is 6.08 Å². The molecule has 1 saturated carbocycles. The second-order valence-corrected chi connectivity index (χ2v) is 4.10. The summed E-state index contributed by atoms with van der Waals surface area (Å²) in [5, 5.41) is 0. The second-order valence-electron chi connectivity index (χ2n) is 4.10. The fourth-order valence-corrected chi connectivity index (χ4v) is 2.60. The summed E-state index contributed by atoms with van der Waals surface area (Å²) < 4.78 is 5.93.